The van der Waals surface area contributed by atoms with E-state index < -0.39 is 0 Å². The van der Waals surface area contributed by atoms with E-state index in [1.807, 2.05) is 0 Å². The van der Waals surface area contributed by atoms with E-state index in [1.54, 1.807) is 0 Å². The molecule has 3 heteroatoms. The second kappa shape index (κ2) is 6.02. The van der Waals surface area contributed by atoms with E-state index in [0.29, 0.717) is 0 Å². The van der Waals surface area contributed by atoms with Gasteiger partial charge in [-0.3, -0.25) is 0 Å². The average molecular weight is 283 g/mol. The van der Waals surface area contributed by atoms with Crippen molar-refractivity contribution in [3.63, 3.8) is 0 Å². The van der Waals surface area contributed by atoms with Gasteiger partial charge in [0, 0.05) is 18.3 Å². The van der Waals surface area contributed by atoms with Gasteiger partial charge in [-0.05, 0) is 55.9 Å². The van der Waals surface area contributed by atoms with Crippen LogP contribution in [0.5, 0.6) is 0 Å². The molecule has 1 aliphatic carbocycles. The van der Waals surface area contributed by atoms with Crippen LogP contribution >= 0.6 is 0 Å². The molecule has 0 atom stereocenters. The molecule has 2 aromatic rings. The van der Waals surface area contributed by atoms with Crippen molar-refractivity contribution in [1.29, 1.82) is 0 Å². The van der Waals surface area contributed by atoms with E-state index in [1.165, 1.54) is 41.0 Å². The lowest BCUT2D eigenvalue weighted by molar-refractivity contribution is 0.686. The van der Waals surface area contributed by atoms with Crippen molar-refractivity contribution in [3.8, 4) is 5.69 Å². The Hall–Kier alpha value is -1.61. The number of hydrogen-bond donors (Lipinski definition) is 1. The Bertz CT molecular complexity index is 623. The minimum Gasteiger partial charge on any atom is -0.310 e. The summed E-state index contributed by atoms with van der Waals surface area (Å²) in [4.78, 5) is 0. The van der Waals surface area contributed by atoms with Crippen molar-refractivity contribution >= 4 is 0 Å². The van der Waals surface area contributed by atoms with Crippen LogP contribution in [0.3, 0.4) is 0 Å². The Balaban J connectivity index is 1.91. The molecule has 1 aromatic heterocycles. The quantitative estimate of drug-likeness (QED) is 0.878. The van der Waals surface area contributed by atoms with Gasteiger partial charge in [0.2, 0.25) is 0 Å². The summed E-state index contributed by atoms with van der Waals surface area (Å²) in [7, 11) is 0. The van der Waals surface area contributed by atoms with Crippen LogP contribution in [-0.2, 0) is 19.4 Å². The first-order valence-corrected chi connectivity index (χ1v) is 8.12. The van der Waals surface area contributed by atoms with Crippen LogP contribution in [0.25, 0.3) is 5.69 Å². The molecule has 1 saturated carbocycles. The topological polar surface area (TPSA) is 29.9 Å². The third-order valence-corrected chi connectivity index (χ3v) is 4.23. The van der Waals surface area contributed by atoms with Crippen LogP contribution < -0.4 is 5.32 Å². The maximum absolute atomic E-state index is 4.78. The highest BCUT2D eigenvalue weighted by Gasteiger charge is 2.20. The molecule has 0 saturated heterocycles. The highest BCUT2D eigenvalue weighted by Crippen LogP contribution is 2.22. The molecule has 3 rings (SSSR count). The Morgan fingerprint density at radius 2 is 2.00 bits per heavy atom. The van der Waals surface area contributed by atoms with Crippen molar-refractivity contribution in [3.05, 3.63) is 46.8 Å². The van der Waals surface area contributed by atoms with Crippen LogP contribution in [0.1, 0.15) is 49.2 Å². The third kappa shape index (κ3) is 3.18. The van der Waals surface area contributed by atoms with Crippen LogP contribution in [0.15, 0.2) is 24.3 Å². The zero-order valence-electron chi connectivity index (χ0n) is 13.3. The molecule has 1 N–H and O–H groups in total. The van der Waals surface area contributed by atoms with Crippen molar-refractivity contribution in [2.24, 2.45) is 0 Å². The molecule has 1 fully saturated rings. The standard InChI is InChI=1S/C18H25N3/c1-4-15-11-17(5-2)21(20-15)18-10-14(7-6-13(18)3)12-19-16-8-9-16/h6-7,10-11,16,19H,4-5,8-9,12H2,1-3H3. The lowest BCUT2D eigenvalue weighted by Crippen LogP contribution is -2.15. The van der Waals surface area contributed by atoms with Crippen LogP contribution in [0.2, 0.25) is 0 Å². The first kappa shape index (κ1) is 14.3. The lowest BCUT2D eigenvalue weighted by atomic mass is 10.1. The SMILES string of the molecule is CCc1cc(CC)n(-c2cc(CNC3CC3)ccc2C)n1. The van der Waals surface area contributed by atoms with Crippen molar-refractivity contribution in [1.82, 2.24) is 15.1 Å². The lowest BCUT2D eigenvalue weighted by Gasteiger charge is -2.12. The Kier molecular flexibility index (Phi) is 4.11. The fourth-order valence-electron chi connectivity index (χ4n) is 2.65. The van der Waals surface area contributed by atoms with Gasteiger partial charge in [0.05, 0.1) is 11.4 Å². The van der Waals surface area contributed by atoms with Crippen molar-refractivity contribution < 1.29 is 0 Å². The highest BCUT2D eigenvalue weighted by molar-refractivity contribution is 5.44. The first-order valence-electron chi connectivity index (χ1n) is 8.12. The van der Waals surface area contributed by atoms with Gasteiger partial charge < -0.3 is 5.32 Å². The zero-order valence-corrected chi connectivity index (χ0v) is 13.3. The maximum atomic E-state index is 4.78. The molecule has 0 spiro atoms. The van der Waals surface area contributed by atoms with Crippen molar-refractivity contribution in [2.45, 2.75) is 59.0 Å². The highest BCUT2D eigenvalue weighted by atomic mass is 15.3. The fraction of sp³-hybridized carbons (Fsp3) is 0.500. The van der Waals surface area contributed by atoms with E-state index in [2.05, 4.69) is 55.0 Å². The smallest absolute Gasteiger partial charge is 0.0681 e. The average Bonchev–Trinajstić information content (AvgIpc) is 3.24. The number of rotatable bonds is 6. The van der Waals surface area contributed by atoms with Gasteiger partial charge in [-0.15, -0.1) is 0 Å². The minimum absolute atomic E-state index is 0.748. The van der Waals surface area contributed by atoms with Gasteiger partial charge in [-0.25, -0.2) is 4.68 Å². The maximum Gasteiger partial charge on any atom is 0.0681 e. The first-order chi connectivity index (χ1) is 10.2. The molecular formula is C18H25N3. The van der Waals surface area contributed by atoms with Crippen LogP contribution in [-0.4, -0.2) is 15.8 Å². The molecule has 112 valence electrons. The third-order valence-electron chi connectivity index (χ3n) is 4.23. The molecule has 3 nitrogen and oxygen atoms in total. The number of benzene rings is 1. The van der Waals surface area contributed by atoms with E-state index in [0.717, 1.165) is 25.4 Å². The predicted molar refractivity (Wildman–Crippen MR) is 86.9 cm³/mol. The molecule has 21 heavy (non-hydrogen) atoms. The van der Waals surface area contributed by atoms with E-state index >= 15 is 0 Å². The monoisotopic (exact) mass is 283 g/mol. The molecule has 0 radical (unpaired) electrons. The number of hydrogen-bond acceptors (Lipinski definition) is 2. The second-order valence-corrected chi connectivity index (χ2v) is 6.02. The zero-order chi connectivity index (χ0) is 14.8. The molecule has 0 aliphatic heterocycles. The Labute approximate surface area is 127 Å². The summed E-state index contributed by atoms with van der Waals surface area (Å²) < 4.78 is 2.13. The summed E-state index contributed by atoms with van der Waals surface area (Å²) in [6, 6.07) is 9.71. The van der Waals surface area contributed by atoms with Gasteiger partial charge in [0.1, 0.15) is 0 Å². The summed E-state index contributed by atoms with van der Waals surface area (Å²) in [5.74, 6) is 0. The molecule has 1 aliphatic rings. The van der Waals surface area contributed by atoms with Gasteiger partial charge in [0.25, 0.3) is 0 Å². The fourth-order valence-corrected chi connectivity index (χ4v) is 2.65. The minimum atomic E-state index is 0.748. The largest absolute Gasteiger partial charge is 0.310 e. The van der Waals surface area contributed by atoms with Crippen LogP contribution in [0, 0.1) is 6.92 Å². The van der Waals surface area contributed by atoms with E-state index in [4.69, 9.17) is 5.10 Å². The van der Waals surface area contributed by atoms with Gasteiger partial charge in [-0.1, -0.05) is 26.0 Å². The van der Waals surface area contributed by atoms with E-state index in [9.17, 15) is 0 Å². The van der Waals surface area contributed by atoms with E-state index in [-0.39, 0.29) is 0 Å². The second-order valence-electron chi connectivity index (χ2n) is 6.02. The van der Waals surface area contributed by atoms with Gasteiger partial charge >= 0.3 is 0 Å². The number of aromatic nitrogens is 2. The molecule has 0 bridgehead atoms. The summed E-state index contributed by atoms with van der Waals surface area (Å²) in [6.07, 6.45) is 4.66. The summed E-state index contributed by atoms with van der Waals surface area (Å²) in [6.45, 7) is 7.48. The summed E-state index contributed by atoms with van der Waals surface area (Å²) in [5, 5.41) is 8.36. The van der Waals surface area contributed by atoms with Crippen molar-refractivity contribution in [2.75, 3.05) is 0 Å². The molecular weight excluding hydrogens is 258 g/mol. The molecule has 1 heterocycles. The number of nitrogens with one attached hydrogen (secondary N) is 1. The normalized spacial score (nSPS) is 14.6. The Morgan fingerprint density at radius 3 is 2.67 bits per heavy atom. The molecule has 0 unspecified atom stereocenters. The Morgan fingerprint density at radius 1 is 1.19 bits per heavy atom. The number of nitrogens with zero attached hydrogens (tertiary/aromatic N) is 2. The molecule has 0 amide bonds. The van der Waals surface area contributed by atoms with Gasteiger partial charge in [0.15, 0.2) is 0 Å². The predicted octanol–water partition coefficient (Wildman–Crippen LogP) is 3.56. The summed E-state index contributed by atoms with van der Waals surface area (Å²) >= 11 is 0. The molecule has 1 aromatic carbocycles. The van der Waals surface area contributed by atoms with Gasteiger partial charge in [-0.2, -0.15) is 5.10 Å². The van der Waals surface area contributed by atoms with Crippen LogP contribution in [0.4, 0.5) is 0 Å². The number of aryl methyl sites for hydroxylation is 3. The summed E-state index contributed by atoms with van der Waals surface area (Å²) in [5.41, 5.74) is 6.32.